The number of carbonyl (C=O) groups excluding carboxylic acids is 1. The van der Waals surface area contributed by atoms with E-state index in [0.717, 1.165) is 12.8 Å². The van der Waals surface area contributed by atoms with Crippen LogP contribution < -0.4 is 0 Å². The quantitative estimate of drug-likeness (QED) is 0.578. The Morgan fingerprint density at radius 2 is 2.25 bits per heavy atom. The molecule has 2 rings (SSSR count). The number of hydrogen-bond acceptors (Lipinski definition) is 2. The van der Waals surface area contributed by atoms with Gasteiger partial charge in [0.15, 0.2) is 0 Å². The lowest BCUT2D eigenvalue weighted by Gasteiger charge is -2.34. The summed E-state index contributed by atoms with van der Waals surface area (Å²) >= 11 is 0. The van der Waals surface area contributed by atoms with Crippen molar-refractivity contribution in [3.05, 3.63) is 0 Å². The maximum Gasteiger partial charge on any atom is 0.224 e. The van der Waals surface area contributed by atoms with Gasteiger partial charge in [0.2, 0.25) is 5.91 Å². The van der Waals surface area contributed by atoms with Gasteiger partial charge in [-0.2, -0.15) is 5.26 Å². The first-order chi connectivity index (χ1) is 5.81. The molecule has 12 heavy (non-hydrogen) atoms. The molecule has 1 amide bonds. The van der Waals surface area contributed by atoms with Crippen LogP contribution >= 0.6 is 0 Å². The fourth-order valence-electron chi connectivity index (χ4n) is 1.87. The van der Waals surface area contributed by atoms with E-state index < -0.39 is 0 Å². The Bertz CT molecular complexity index is 239. The van der Waals surface area contributed by atoms with E-state index in [-0.39, 0.29) is 11.8 Å². The van der Waals surface area contributed by atoms with E-state index >= 15 is 0 Å². The first kappa shape index (κ1) is 7.60. The molecule has 0 N–H and O–H groups in total. The topological polar surface area (TPSA) is 44.1 Å². The maximum absolute atomic E-state index is 11.4. The van der Waals surface area contributed by atoms with Crippen molar-refractivity contribution >= 4 is 5.91 Å². The fourth-order valence-corrected chi connectivity index (χ4v) is 1.87. The summed E-state index contributed by atoms with van der Waals surface area (Å²) in [5, 5.41) is 8.65. The first-order valence-electron chi connectivity index (χ1n) is 4.50. The molecule has 2 aliphatic rings. The average molecular weight is 164 g/mol. The van der Waals surface area contributed by atoms with Gasteiger partial charge in [-0.3, -0.25) is 4.79 Å². The van der Waals surface area contributed by atoms with Crippen molar-refractivity contribution in [3.63, 3.8) is 0 Å². The zero-order chi connectivity index (χ0) is 8.55. The molecule has 1 saturated heterocycles. The Balaban J connectivity index is 1.99. The van der Waals surface area contributed by atoms with E-state index in [9.17, 15) is 4.79 Å². The van der Waals surface area contributed by atoms with Crippen molar-refractivity contribution < 1.29 is 4.79 Å². The molecular formula is C9H12N2O. The molecule has 0 aromatic heterocycles. The highest BCUT2D eigenvalue weighted by Gasteiger charge is 2.36. The summed E-state index contributed by atoms with van der Waals surface area (Å²) in [7, 11) is 0. The second kappa shape index (κ2) is 2.78. The SMILES string of the molecule is N#CC1CC(=O)N(C2CCC2)C1. The van der Waals surface area contributed by atoms with Gasteiger partial charge in [0.1, 0.15) is 0 Å². The highest BCUT2D eigenvalue weighted by atomic mass is 16.2. The fraction of sp³-hybridized carbons (Fsp3) is 0.778. The number of nitrogens with zero attached hydrogens (tertiary/aromatic N) is 2. The third-order valence-corrected chi connectivity index (χ3v) is 2.86. The Hall–Kier alpha value is -1.04. The van der Waals surface area contributed by atoms with Crippen LogP contribution in [-0.4, -0.2) is 23.4 Å². The summed E-state index contributed by atoms with van der Waals surface area (Å²) in [6.45, 7) is 0.681. The summed E-state index contributed by atoms with van der Waals surface area (Å²) in [4.78, 5) is 13.3. The van der Waals surface area contributed by atoms with Gasteiger partial charge in [-0.1, -0.05) is 0 Å². The zero-order valence-corrected chi connectivity index (χ0v) is 6.99. The van der Waals surface area contributed by atoms with E-state index in [4.69, 9.17) is 5.26 Å². The minimum absolute atomic E-state index is 0.0434. The Morgan fingerprint density at radius 3 is 2.67 bits per heavy atom. The highest BCUT2D eigenvalue weighted by molar-refractivity contribution is 5.79. The van der Waals surface area contributed by atoms with Crippen LogP contribution in [0.4, 0.5) is 0 Å². The molecule has 1 heterocycles. The standard InChI is InChI=1S/C9H12N2O/c10-5-7-4-9(12)11(6-7)8-2-1-3-8/h7-8H,1-4,6H2. The van der Waals surface area contributed by atoms with Crippen molar-refractivity contribution in [2.75, 3.05) is 6.54 Å². The van der Waals surface area contributed by atoms with E-state index in [1.807, 2.05) is 4.90 Å². The van der Waals surface area contributed by atoms with Gasteiger partial charge in [0, 0.05) is 19.0 Å². The maximum atomic E-state index is 11.4. The van der Waals surface area contributed by atoms with Crippen LogP contribution in [0.1, 0.15) is 25.7 Å². The molecule has 0 aromatic carbocycles. The van der Waals surface area contributed by atoms with Crippen molar-refractivity contribution in [2.45, 2.75) is 31.7 Å². The largest absolute Gasteiger partial charge is 0.338 e. The molecule has 64 valence electrons. The number of amides is 1. The number of rotatable bonds is 1. The molecule has 3 heteroatoms. The molecule has 0 spiro atoms. The Labute approximate surface area is 72.0 Å². The second-order valence-electron chi connectivity index (χ2n) is 3.66. The van der Waals surface area contributed by atoms with Crippen LogP contribution in [0.15, 0.2) is 0 Å². The zero-order valence-electron chi connectivity index (χ0n) is 6.99. The summed E-state index contributed by atoms with van der Waals surface area (Å²) in [6.07, 6.45) is 3.98. The lowest BCUT2D eigenvalue weighted by atomic mass is 9.92. The van der Waals surface area contributed by atoms with Crippen molar-refractivity contribution in [2.24, 2.45) is 5.92 Å². The average Bonchev–Trinajstić information content (AvgIpc) is 2.29. The third-order valence-electron chi connectivity index (χ3n) is 2.86. The molecule has 0 aromatic rings. The van der Waals surface area contributed by atoms with Crippen LogP contribution in [0, 0.1) is 17.2 Å². The van der Waals surface area contributed by atoms with Crippen LogP contribution in [-0.2, 0) is 4.79 Å². The van der Waals surface area contributed by atoms with E-state index in [0.29, 0.717) is 19.0 Å². The Morgan fingerprint density at radius 1 is 1.50 bits per heavy atom. The van der Waals surface area contributed by atoms with Crippen LogP contribution in [0.5, 0.6) is 0 Å². The predicted octanol–water partition coefficient (Wildman–Crippen LogP) is 0.911. The van der Waals surface area contributed by atoms with E-state index in [1.54, 1.807) is 0 Å². The second-order valence-corrected chi connectivity index (χ2v) is 3.66. The minimum Gasteiger partial charge on any atom is -0.338 e. The van der Waals surface area contributed by atoms with Crippen molar-refractivity contribution in [3.8, 4) is 6.07 Å². The summed E-state index contributed by atoms with van der Waals surface area (Å²) in [6, 6.07) is 2.63. The van der Waals surface area contributed by atoms with Gasteiger partial charge in [0.05, 0.1) is 12.0 Å². The first-order valence-corrected chi connectivity index (χ1v) is 4.50. The molecule has 1 aliphatic heterocycles. The van der Waals surface area contributed by atoms with Crippen LogP contribution in [0.25, 0.3) is 0 Å². The van der Waals surface area contributed by atoms with E-state index in [1.165, 1.54) is 6.42 Å². The van der Waals surface area contributed by atoms with Crippen LogP contribution in [0.3, 0.4) is 0 Å². The molecule has 1 saturated carbocycles. The van der Waals surface area contributed by atoms with Gasteiger partial charge in [-0.15, -0.1) is 0 Å². The number of nitriles is 1. The third kappa shape index (κ3) is 1.08. The van der Waals surface area contributed by atoms with Gasteiger partial charge < -0.3 is 4.90 Å². The van der Waals surface area contributed by atoms with Crippen molar-refractivity contribution in [1.29, 1.82) is 5.26 Å². The predicted molar refractivity (Wildman–Crippen MR) is 43.1 cm³/mol. The lowest BCUT2D eigenvalue weighted by Crippen LogP contribution is -2.40. The van der Waals surface area contributed by atoms with Crippen molar-refractivity contribution in [1.82, 2.24) is 4.90 Å². The van der Waals surface area contributed by atoms with Gasteiger partial charge in [-0.25, -0.2) is 0 Å². The number of hydrogen-bond donors (Lipinski definition) is 0. The normalized spacial score (nSPS) is 30.1. The summed E-state index contributed by atoms with van der Waals surface area (Å²) in [5.41, 5.74) is 0. The lowest BCUT2D eigenvalue weighted by molar-refractivity contribution is -0.131. The van der Waals surface area contributed by atoms with Gasteiger partial charge in [0.25, 0.3) is 0 Å². The van der Waals surface area contributed by atoms with Gasteiger partial charge >= 0.3 is 0 Å². The summed E-state index contributed by atoms with van der Waals surface area (Å²) in [5.74, 6) is 0.143. The molecule has 3 nitrogen and oxygen atoms in total. The molecular weight excluding hydrogens is 152 g/mol. The molecule has 0 radical (unpaired) electrons. The summed E-state index contributed by atoms with van der Waals surface area (Å²) < 4.78 is 0. The minimum atomic E-state index is -0.0434. The van der Waals surface area contributed by atoms with Gasteiger partial charge in [-0.05, 0) is 19.3 Å². The molecule has 0 bridgehead atoms. The highest BCUT2D eigenvalue weighted by Crippen LogP contribution is 2.30. The molecule has 1 atom stereocenters. The molecule has 1 aliphatic carbocycles. The molecule has 1 unspecified atom stereocenters. The van der Waals surface area contributed by atoms with Crippen LogP contribution in [0.2, 0.25) is 0 Å². The number of carbonyl (C=O) groups is 1. The molecule has 2 fully saturated rings. The Kier molecular flexibility index (Phi) is 1.76. The monoisotopic (exact) mass is 164 g/mol. The smallest absolute Gasteiger partial charge is 0.224 e. The van der Waals surface area contributed by atoms with E-state index in [2.05, 4.69) is 6.07 Å². The number of likely N-dealkylation sites (tertiary alicyclic amines) is 1.